The summed E-state index contributed by atoms with van der Waals surface area (Å²) in [6.07, 6.45) is 10.3. The molecule has 0 bridgehead atoms. The number of hydrogen-bond donors (Lipinski definition) is 1. The van der Waals surface area contributed by atoms with E-state index in [0.717, 1.165) is 32.4 Å². The summed E-state index contributed by atoms with van der Waals surface area (Å²) in [5.74, 6) is -0.0617. The van der Waals surface area contributed by atoms with Crippen molar-refractivity contribution in [2.75, 3.05) is 26.2 Å². The number of carbonyl (C=O) groups is 2. The van der Waals surface area contributed by atoms with E-state index >= 15 is 0 Å². The predicted molar refractivity (Wildman–Crippen MR) is 126 cm³/mol. The van der Waals surface area contributed by atoms with Gasteiger partial charge in [-0.25, -0.2) is 4.79 Å². The van der Waals surface area contributed by atoms with Crippen LogP contribution in [0, 0.1) is 5.41 Å². The van der Waals surface area contributed by atoms with Crippen LogP contribution in [0.4, 0.5) is 4.79 Å². The third kappa shape index (κ3) is 6.86. The van der Waals surface area contributed by atoms with Gasteiger partial charge in [-0.05, 0) is 37.5 Å². The van der Waals surface area contributed by atoms with Crippen molar-refractivity contribution in [1.82, 2.24) is 25.4 Å². The second kappa shape index (κ2) is 11.7. The number of unbranched alkanes of at least 4 members (excludes halogenated alkanes) is 3. The summed E-state index contributed by atoms with van der Waals surface area (Å²) in [5.41, 5.74) is 4.74. The maximum atomic E-state index is 12.9. The summed E-state index contributed by atoms with van der Waals surface area (Å²) in [4.78, 5) is 28.7. The Hall–Kier alpha value is -1.76. The lowest BCUT2D eigenvalue weighted by atomic mass is 9.86. The van der Waals surface area contributed by atoms with Crippen LogP contribution in [0.2, 0.25) is 0 Å². The zero-order valence-corrected chi connectivity index (χ0v) is 20.7. The van der Waals surface area contributed by atoms with Crippen molar-refractivity contribution in [2.24, 2.45) is 5.41 Å². The average molecular weight is 436 g/mol. The minimum absolute atomic E-state index is 0.0501. The first-order valence-electron chi connectivity index (χ1n) is 12.3. The Morgan fingerprint density at radius 3 is 2.32 bits per heavy atom. The molecule has 178 valence electrons. The molecule has 2 aliphatic heterocycles. The van der Waals surface area contributed by atoms with Crippen molar-refractivity contribution < 1.29 is 9.59 Å². The highest BCUT2D eigenvalue weighted by atomic mass is 16.2. The highest BCUT2D eigenvalue weighted by Crippen LogP contribution is 2.31. The fourth-order valence-corrected chi connectivity index (χ4v) is 4.21. The molecule has 0 radical (unpaired) electrons. The van der Waals surface area contributed by atoms with Crippen molar-refractivity contribution >= 4 is 11.9 Å². The molecule has 31 heavy (non-hydrogen) atoms. The smallest absolute Gasteiger partial charge is 0.322 e. The zero-order chi connectivity index (χ0) is 23.0. The molecule has 0 unspecified atom stereocenters. The number of imide groups is 1. The molecule has 7 heteroatoms. The van der Waals surface area contributed by atoms with E-state index in [-0.39, 0.29) is 23.4 Å². The molecule has 0 aromatic heterocycles. The summed E-state index contributed by atoms with van der Waals surface area (Å²) in [7, 11) is 0. The van der Waals surface area contributed by atoms with Gasteiger partial charge in [-0.2, -0.15) is 0 Å². The van der Waals surface area contributed by atoms with Crippen LogP contribution in [0.25, 0.3) is 0 Å². The topological polar surface area (TPSA) is 59.1 Å². The Bertz CT molecular complexity index is 628. The number of hydrazine groups is 2. The molecule has 1 saturated heterocycles. The van der Waals surface area contributed by atoms with Crippen LogP contribution in [-0.4, -0.2) is 64.0 Å². The standard InChI is InChI=1S/C24H45N5O2/c1-7-10-16-27-18-20(28(25-27)17-11-8-2)14-12-13-15-26-19-21(24(4,5)6)29(23(26)31)22(30)9-3/h18,21,25H,7-17,19H2,1-6H3/t21-/m1/s1. The van der Waals surface area contributed by atoms with Gasteiger partial charge in [0.25, 0.3) is 0 Å². The van der Waals surface area contributed by atoms with Gasteiger partial charge in [0.05, 0.1) is 6.04 Å². The van der Waals surface area contributed by atoms with E-state index in [1.165, 1.54) is 36.3 Å². The molecule has 1 fully saturated rings. The Morgan fingerprint density at radius 1 is 1.03 bits per heavy atom. The fraction of sp³-hybridized carbons (Fsp3) is 0.833. The molecule has 2 rings (SSSR count). The SMILES string of the molecule is CCCCN1C=C(CCCCN2C[C@H](C(C)(C)C)N(C(=O)CC)C2=O)N(CCCC)N1. The van der Waals surface area contributed by atoms with Crippen LogP contribution in [0.1, 0.15) is 92.9 Å². The second-order valence-electron chi connectivity index (χ2n) is 9.96. The van der Waals surface area contributed by atoms with E-state index in [1.807, 2.05) is 11.8 Å². The van der Waals surface area contributed by atoms with Gasteiger partial charge < -0.3 is 4.90 Å². The van der Waals surface area contributed by atoms with Gasteiger partial charge >= 0.3 is 6.03 Å². The van der Waals surface area contributed by atoms with Gasteiger partial charge in [-0.3, -0.25) is 19.7 Å². The van der Waals surface area contributed by atoms with Crippen LogP contribution in [0.15, 0.2) is 11.9 Å². The number of allylic oxidation sites excluding steroid dienone is 1. The number of rotatable bonds is 12. The molecule has 1 atom stereocenters. The summed E-state index contributed by atoms with van der Waals surface area (Å²) in [5, 5.41) is 4.50. The molecule has 2 aliphatic rings. The minimum atomic E-state index is -0.114. The molecule has 0 aliphatic carbocycles. The molecular formula is C24H45N5O2. The van der Waals surface area contributed by atoms with Crippen LogP contribution >= 0.6 is 0 Å². The molecular weight excluding hydrogens is 390 g/mol. The maximum Gasteiger partial charge on any atom is 0.327 e. The van der Waals surface area contributed by atoms with Crippen molar-refractivity contribution in [1.29, 1.82) is 0 Å². The van der Waals surface area contributed by atoms with Gasteiger partial charge in [0.15, 0.2) is 0 Å². The fourth-order valence-electron chi connectivity index (χ4n) is 4.21. The summed E-state index contributed by atoms with van der Waals surface area (Å²) < 4.78 is 0. The quantitative estimate of drug-likeness (QED) is 0.449. The lowest BCUT2D eigenvalue weighted by Gasteiger charge is -2.32. The molecule has 0 spiro atoms. The van der Waals surface area contributed by atoms with Gasteiger partial charge in [0, 0.05) is 44.5 Å². The lowest BCUT2D eigenvalue weighted by molar-refractivity contribution is -0.130. The average Bonchev–Trinajstić information content (AvgIpc) is 3.27. The first kappa shape index (κ1) is 25.5. The third-order valence-corrected chi connectivity index (χ3v) is 6.25. The number of hydrogen-bond acceptors (Lipinski definition) is 5. The highest BCUT2D eigenvalue weighted by Gasteiger charge is 2.45. The summed E-state index contributed by atoms with van der Waals surface area (Å²) >= 11 is 0. The molecule has 0 saturated carbocycles. The Labute approximate surface area is 189 Å². The predicted octanol–water partition coefficient (Wildman–Crippen LogP) is 4.72. The van der Waals surface area contributed by atoms with Gasteiger partial charge in [-0.15, -0.1) is 5.53 Å². The largest absolute Gasteiger partial charge is 0.327 e. The molecule has 7 nitrogen and oxygen atoms in total. The van der Waals surface area contributed by atoms with E-state index in [1.54, 1.807) is 0 Å². The number of nitrogens with one attached hydrogen (secondary N) is 1. The second-order valence-corrected chi connectivity index (χ2v) is 9.96. The molecule has 0 aromatic carbocycles. The Balaban J connectivity index is 1.88. The molecule has 1 N–H and O–H groups in total. The number of carbonyl (C=O) groups excluding carboxylic acids is 2. The van der Waals surface area contributed by atoms with Gasteiger partial charge in [0.2, 0.25) is 5.91 Å². The zero-order valence-electron chi connectivity index (χ0n) is 20.7. The van der Waals surface area contributed by atoms with E-state index < -0.39 is 0 Å². The normalized spacial score (nSPS) is 19.6. The first-order chi connectivity index (χ1) is 14.7. The van der Waals surface area contributed by atoms with Crippen LogP contribution in [0.3, 0.4) is 0 Å². The van der Waals surface area contributed by atoms with Crippen molar-refractivity contribution in [3.05, 3.63) is 11.9 Å². The van der Waals surface area contributed by atoms with Crippen molar-refractivity contribution in [3.8, 4) is 0 Å². The van der Waals surface area contributed by atoms with Gasteiger partial charge in [0.1, 0.15) is 0 Å². The number of urea groups is 1. The van der Waals surface area contributed by atoms with Gasteiger partial charge in [-0.1, -0.05) is 54.4 Å². The summed E-state index contributed by atoms with van der Waals surface area (Å²) in [6.45, 7) is 16.0. The minimum Gasteiger partial charge on any atom is -0.322 e. The van der Waals surface area contributed by atoms with Crippen LogP contribution in [-0.2, 0) is 4.79 Å². The number of amides is 3. The Morgan fingerprint density at radius 2 is 1.71 bits per heavy atom. The van der Waals surface area contributed by atoms with E-state index in [9.17, 15) is 9.59 Å². The lowest BCUT2D eigenvalue weighted by Crippen LogP contribution is -2.45. The molecule has 3 amide bonds. The monoisotopic (exact) mass is 435 g/mol. The summed E-state index contributed by atoms with van der Waals surface area (Å²) in [6, 6.07) is -0.158. The van der Waals surface area contributed by atoms with E-state index in [4.69, 9.17) is 0 Å². The first-order valence-corrected chi connectivity index (χ1v) is 12.3. The van der Waals surface area contributed by atoms with Crippen molar-refractivity contribution in [2.45, 2.75) is 99.0 Å². The van der Waals surface area contributed by atoms with Crippen molar-refractivity contribution in [3.63, 3.8) is 0 Å². The molecule has 2 heterocycles. The van der Waals surface area contributed by atoms with Crippen LogP contribution < -0.4 is 5.53 Å². The third-order valence-electron chi connectivity index (χ3n) is 6.25. The Kier molecular flexibility index (Phi) is 9.66. The van der Waals surface area contributed by atoms with E-state index in [0.29, 0.717) is 19.5 Å². The van der Waals surface area contributed by atoms with E-state index in [2.05, 4.69) is 56.4 Å². The highest BCUT2D eigenvalue weighted by molar-refractivity contribution is 5.96. The van der Waals surface area contributed by atoms with Crippen LogP contribution in [0.5, 0.6) is 0 Å². The maximum absolute atomic E-state index is 12.9. The molecule has 0 aromatic rings. The number of nitrogens with zero attached hydrogens (tertiary/aromatic N) is 4.